The highest BCUT2D eigenvalue weighted by molar-refractivity contribution is 6.35. The molecule has 0 amide bonds. The fourth-order valence-corrected chi connectivity index (χ4v) is 2.16. The topological polar surface area (TPSA) is 45.8 Å². The zero-order valence-corrected chi connectivity index (χ0v) is 9.67. The number of benzene rings is 1. The van der Waals surface area contributed by atoms with Gasteiger partial charge in [-0.2, -0.15) is 5.26 Å². The number of hydrogen-bond donors (Lipinski definition) is 0. The van der Waals surface area contributed by atoms with Gasteiger partial charge >= 0.3 is 0 Å². The van der Waals surface area contributed by atoms with Crippen LogP contribution in [-0.4, -0.2) is 4.57 Å². The number of aryl methyl sites for hydroxylation is 2. The SMILES string of the molecule is Cc1c(C#N)c(=O)n(C)c2c(Cl)cccc12. The Kier molecular flexibility index (Phi) is 2.45. The minimum atomic E-state index is -0.305. The molecule has 2 aromatic rings. The first kappa shape index (κ1) is 10.7. The number of pyridine rings is 1. The molecule has 0 N–H and O–H groups in total. The second-order valence-electron chi connectivity index (χ2n) is 3.61. The number of halogens is 1. The fraction of sp³-hybridized carbons (Fsp3) is 0.167. The van der Waals surface area contributed by atoms with Gasteiger partial charge in [-0.1, -0.05) is 23.7 Å². The van der Waals surface area contributed by atoms with E-state index in [4.69, 9.17) is 16.9 Å². The number of nitriles is 1. The molecule has 80 valence electrons. The van der Waals surface area contributed by atoms with Gasteiger partial charge in [0.25, 0.3) is 5.56 Å². The first-order valence-corrected chi connectivity index (χ1v) is 5.13. The molecule has 1 aromatic heterocycles. The molecule has 0 radical (unpaired) electrons. The van der Waals surface area contributed by atoms with Gasteiger partial charge in [0.2, 0.25) is 0 Å². The number of fused-ring (bicyclic) bond motifs is 1. The van der Waals surface area contributed by atoms with Gasteiger partial charge < -0.3 is 4.57 Å². The van der Waals surface area contributed by atoms with E-state index in [1.54, 1.807) is 20.0 Å². The van der Waals surface area contributed by atoms with E-state index in [9.17, 15) is 4.79 Å². The molecule has 1 aromatic carbocycles. The third-order valence-corrected chi connectivity index (χ3v) is 3.04. The van der Waals surface area contributed by atoms with Crippen molar-refractivity contribution >= 4 is 22.5 Å². The lowest BCUT2D eigenvalue weighted by Crippen LogP contribution is -2.21. The predicted octanol–water partition coefficient (Wildman–Crippen LogP) is 2.37. The first-order chi connectivity index (χ1) is 7.57. The van der Waals surface area contributed by atoms with Crippen LogP contribution in [0, 0.1) is 18.3 Å². The Balaban J connectivity index is 3.16. The molecular formula is C12H9ClN2O. The summed E-state index contributed by atoms with van der Waals surface area (Å²) in [5.74, 6) is 0. The zero-order valence-electron chi connectivity index (χ0n) is 8.91. The summed E-state index contributed by atoms with van der Waals surface area (Å²) in [6.45, 7) is 1.76. The standard InChI is InChI=1S/C12H9ClN2O/c1-7-8-4-3-5-10(13)11(8)15(2)12(16)9(7)6-14/h3-5H,1-2H3. The quantitative estimate of drug-likeness (QED) is 0.700. The van der Waals surface area contributed by atoms with Crippen LogP contribution in [-0.2, 0) is 7.05 Å². The van der Waals surface area contributed by atoms with Crippen LogP contribution >= 0.6 is 11.6 Å². The van der Waals surface area contributed by atoms with Crippen molar-refractivity contribution in [1.82, 2.24) is 4.57 Å². The molecule has 3 nitrogen and oxygen atoms in total. The molecule has 0 fully saturated rings. The van der Waals surface area contributed by atoms with Crippen molar-refractivity contribution in [2.45, 2.75) is 6.92 Å². The molecule has 0 saturated carbocycles. The molecule has 0 aliphatic carbocycles. The highest BCUT2D eigenvalue weighted by atomic mass is 35.5. The Hall–Kier alpha value is -1.79. The molecule has 0 unspecified atom stereocenters. The second-order valence-corrected chi connectivity index (χ2v) is 4.02. The Morgan fingerprint density at radius 1 is 1.44 bits per heavy atom. The van der Waals surface area contributed by atoms with Crippen LogP contribution in [0.2, 0.25) is 5.02 Å². The van der Waals surface area contributed by atoms with Crippen LogP contribution < -0.4 is 5.56 Å². The summed E-state index contributed by atoms with van der Waals surface area (Å²) >= 11 is 6.06. The average molecular weight is 233 g/mol. The molecule has 4 heteroatoms. The Morgan fingerprint density at radius 3 is 2.75 bits per heavy atom. The van der Waals surface area contributed by atoms with Gasteiger partial charge in [0, 0.05) is 12.4 Å². The molecule has 0 aliphatic heterocycles. The number of hydrogen-bond acceptors (Lipinski definition) is 2. The van der Waals surface area contributed by atoms with E-state index in [0.717, 1.165) is 5.39 Å². The average Bonchev–Trinajstić information content (AvgIpc) is 2.27. The molecule has 0 saturated heterocycles. The summed E-state index contributed by atoms with van der Waals surface area (Å²) in [6, 6.07) is 7.34. The summed E-state index contributed by atoms with van der Waals surface area (Å²) in [7, 11) is 1.62. The molecule has 0 aliphatic rings. The Labute approximate surface area is 97.5 Å². The van der Waals surface area contributed by atoms with E-state index in [0.29, 0.717) is 16.1 Å². The maximum absolute atomic E-state index is 11.9. The van der Waals surface area contributed by atoms with Gasteiger partial charge in [-0.3, -0.25) is 4.79 Å². The van der Waals surface area contributed by atoms with E-state index in [1.165, 1.54) is 4.57 Å². The highest BCUT2D eigenvalue weighted by Gasteiger charge is 2.13. The Bertz CT molecular complexity index is 680. The van der Waals surface area contributed by atoms with Gasteiger partial charge in [0.1, 0.15) is 11.6 Å². The lowest BCUT2D eigenvalue weighted by molar-refractivity contribution is 0.897. The zero-order chi connectivity index (χ0) is 11.9. The molecule has 16 heavy (non-hydrogen) atoms. The van der Waals surface area contributed by atoms with Crippen LogP contribution in [0.25, 0.3) is 10.9 Å². The van der Waals surface area contributed by atoms with E-state index >= 15 is 0 Å². The van der Waals surface area contributed by atoms with Crippen molar-refractivity contribution in [3.8, 4) is 6.07 Å². The summed E-state index contributed by atoms with van der Waals surface area (Å²) in [6.07, 6.45) is 0. The monoisotopic (exact) mass is 232 g/mol. The van der Waals surface area contributed by atoms with Crippen LogP contribution in [0.5, 0.6) is 0 Å². The number of nitrogens with zero attached hydrogens (tertiary/aromatic N) is 2. The van der Waals surface area contributed by atoms with Gasteiger partial charge in [0.05, 0.1) is 10.5 Å². The third kappa shape index (κ3) is 1.31. The van der Waals surface area contributed by atoms with E-state index in [2.05, 4.69) is 0 Å². The van der Waals surface area contributed by atoms with Crippen LogP contribution in [0.3, 0.4) is 0 Å². The number of rotatable bonds is 0. The Morgan fingerprint density at radius 2 is 2.12 bits per heavy atom. The van der Waals surface area contributed by atoms with Crippen LogP contribution in [0.1, 0.15) is 11.1 Å². The molecule has 0 atom stereocenters. The van der Waals surface area contributed by atoms with Gasteiger partial charge in [0.15, 0.2) is 0 Å². The van der Waals surface area contributed by atoms with Crippen molar-refractivity contribution < 1.29 is 0 Å². The minimum Gasteiger partial charge on any atom is -0.309 e. The van der Waals surface area contributed by atoms with E-state index < -0.39 is 0 Å². The van der Waals surface area contributed by atoms with Crippen molar-refractivity contribution in [3.63, 3.8) is 0 Å². The lowest BCUT2D eigenvalue weighted by Gasteiger charge is -2.10. The van der Waals surface area contributed by atoms with Crippen molar-refractivity contribution in [2.75, 3.05) is 0 Å². The number of aromatic nitrogens is 1. The van der Waals surface area contributed by atoms with E-state index in [-0.39, 0.29) is 11.1 Å². The second kappa shape index (κ2) is 3.66. The molecule has 0 bridgehead atoms. The lowest BCUT2D eigenvalue weighted by atomic mass is 10.1. The fourth-order valence-electron chi connectivity index (χ4n) is 1.85. The van der Waals surface area contributed by atoms with Gasteiger partial charge in [-0.15, -0.1) is 0 Å². The van der Waals surface area contributed by atoms with Gasteiger partial charge in [-0.05, 0) is 18.6 Å². The normalized spacial score (nSPS) is 10.4. The minimum absolute atomic E-state index is 0.178. The molecule has 1 heterocycles. The summed E-state index contributed by atoms with van der Waals surface area (Å²) in [5.41, 5.74) is 1.23. The predicted molar refractivity (Wildman–Crippen MR) is 63.7 cm³/mol. The summed E-state index contributed by atoms with van der Waals surface area (Å²) in [4.78, 5) is 11.9. The van der Waals surface area contributed by atoms with Gasteiger partial charge in [-0.25, -0.2) is 0 Å². The molecular weight excluding hydrogens is 224 g/mol. The third-order valence-electron chi connectivity index (χ3n) is 2.73. The first-order valence-electron chi connectivity index (χ1n) is 4.76. The molecule has 2 rings (SSSR count). The van der Waals surface area contributed by atoms with Crippen LogP contribution in [0.15, 0.2) is 23.0 Å². The summed E-state index contributed by atoms with van der Waals surface area (Å²) in [5, 5.41) is 10.3. The van der Waals surface area contributed by atoms with Crippen molar-refractivity contribution in [3.05, 3.63) is 44.7 Å². The van der Waals surface area contributed by atoms with Crippen LogP contribution in [0.4, 0.5) is 0 Å². The van der Waals surface area contributed by atoms with Crippen molar-refractivity contribution in [2.24, 2.45) is 7.05 Å². The number of para-hydroxylation sites is 1. The van der Waals surface area contributed by atoms with E-state index in [1.807, 2.05) is 18.2 Å². The maximum Gasteiger partial charge on any atom is 0.269 e. The maximum atomic E-state index is 11.9. The molecule has 0 spiro atoms. The summed E-state index contributed by atoms with van der Waals surface area (Å²) < 4.78 is 1.42. The van der Waals surface area contributed by atoms with Crippen molar-refractivity contribution in [1.29, 1.82) is 5.26 Å². The highest BCUT2D eigenvalue weighted by Crippen LogP contribution is 2.25. The largest absolute Gasteiger partial charge is 0.309 e. The smallest absolute Gasteiger partial charge is 0.269 e.